The molecule has 0 spiro atoms. The number of ether oxygens (including phenoxy) is 6. The molecule has 2 atom stereocenters. The highest BCUT2D eigenvalue weighted by Crippen LogP contribution is 2.39. The Morgan fingerprint density at radius 2 is 1.36 bits per heavy atom. The van der Waals surface area contributed by atoms with Gasteiger partial charge < -0.3 is 48.2 Å². The molecule has 9 rings (SSSR count). The van der Waals surface area contributed by atoms with Crippen LogP contribution in [0.5, 0.6) is 17.2 Å². The van der Waals surface area contributed by atoms with Gasteiger partial charge in [-0.3, -0.25) is 19.4 Å². The molecule has 0 unspecified atom stereocenters. The Balaban J connectivity index is 0.966. The number of carboxylic acid groups (broad SMARTS) is 1. The summed E-state index contributed by atoms with van der Waals surface area (Å²) in [6, 6.07) is 30.2. The molecule has 0 aliphatic carbocycles. The van der Waals surface area contributed by atoms with Gasteiger partial charge in [0.05, 0.1) is 57.4 Å². The van der Waals surface area contributed by atoms with Crippen LogP contribution in [0.4, 0.5) is 11.4 Å². The smallest absolute Gasteiger partial charge is 0.303 e. The maximum absolute atomic E-state index is 14.2. The van der Waals surface area contributed by atoms with Gasteiger partial charge in [-0.2, -0.15) is 0 Å². The third-order valence-electron chi connectivity index (χ3n) is 13.8. The number of aliphatic imine (C=N–C) groups is 1. The number of carboxylic acids is 1. The third-order valence-corrected chi connectivity index (χ3v) is 13.8. The number of rotatable bonds is 21. The predicted molar refractivity (Wildman–Crippen MR) is 266 cm³/mol. The highest BCUT2D eigenvalue weighted by atomic mass is 16.5. The van der Waals surface area contributed by atoms with Crippen LogP contribution in [-0.4, -0.2) is 111 Å². The third kappa shape index (κ3) is 11.1. The van der Waals surface area contributed by atoms with Crippen molar-refractivity contribution in [3.05, 3.63) is 147 Å². The number of nitrogens with zero attached hydrogens (tertiary/aromatic N) is 4. The molecule has 70 heavy (non-hydrogen) atoms. The SMILES string of the molecule is COCCOCCOCCN(CCCC(=O)O)c1cc(COc2cc3c(cc2C)C(=O)N2Cc4ccccc4C[C@H]2C=N3)cc(COc2cc3c(cc2OC)C(=O)N2Cc4ccccc4C[C@H]2CC3)c1. The minimum Gasteiger partial charge on any atom is -0.493 e. The lowest BCUT2D eigenvalue weighted by Crippen LogP contribution is -2.44. The molecule has 5 aromatic rings. The van der Waals surface area contributed by atoms with Gasteiger partial charge in [-0.25, -0.2) is 0 Å². The van der Waals surface area contributed by atoms with Crippen molar-refractivity contribution in [2.24, 2.45) is 4.99 Å². The molecule has 0 aromatic heterocycles. The maximum Gasteiger partial charge on any atom is 0.303 e. The second-order valence-electron chi connectivity index (χ2n) is 18.4. The largest absolute Gasteiger partial charge is 0.493 e. The van der Waals surface area contributed by atoms with Gasteiger partial charge in [0.2, 0.25) is 0 Å². The Bertz CT molecular complexity index is 2740. The number of benzene rings is 5. The fourth-order valence-corrected chi connectivity index (χ4v) is 10.0. The van der Waals surface area contributed by atoms with Gasteiger partial charge in [-0.05, 0) is 120 Å². The van der Waals surface area contributed by atoms with Gasteiger partial charge in [0.1, 0.15) is 19.0 Å². The number of hydrogen-bond acceptors (Lipinski definition) is 11. The fraction of sp³-hybridized carbons (Fsp3) is 0.393. The molecule has 4 aliphatic heterocycles. The first-order chi connectivity index (χ1) is 34.1. The first kappa shape index (κ1) is 48.3. The van der Waals surface area contributed by atoms with Crippen LogP contribution in [0.1, 0.15) is 84.5 Å². The van der Waals surface area contributed by atoms with Crippen molar-refractivity contribution in [1.29, 1.82) is 0 Å². The summed E-state index contributed by atoms with van der Waals surface area (Å²) in [6.07, 6.45) is 5.43. The van der Waals surface area contributed by atoms with E-state index < -0.39 is 5.97 Å². The predicted octanol–water partition coefficient (Wildman–Crippen LogP) is 8.31. The van der Waals surface area contributed by atoms with E-state index in [4.69, 9.17) is 33.4 Å². The lowest BCUT2D eigenvalue weighted by atomic mass is 9.92. The van der Waals surface area contributed by atoms with Crippen LogP contribution < -0.4 is 19.1 Å². The molecular weight excluding hydrogens is 889 g/mol. The Morgan fingerprint density at radius 1 is 0.700 bits per heavy atom. The normalized spacial score (nSPS) is 16.7. The Morgan fingerprint density at radius 3 is 2.07 bits per heavy atom. The number of aryl methyl sites for hydroxylation is 2. The highest BCUT2D eigenvalue weighted by molar-refractivity contribution is 6.03. The summed E-state index contributed by atoms with van der Waals surface area (Å²) in [5, 5.41) is 9.57. The fourth-order valence-electron chi connectivity index (χ4n) is 10.0. The highest BCUT2D eigenvalue weighted by Gasteiger charge is 2.35. The van der Waals surface area contributed by atoms with Crippen LogP contribution in [0.2, 0.25) is 0 Å². The van der Waals surface area contributed by atoms with Gasteiger partial charge >= 0.3 is 5.97 Å². The van der Waals surface area contributed by atoms with Crippen LogP contribution in [0, 0.1) is 6.92 Å². The Labute approximate surface area is 409 Å². The van der Waals surface area contributed by atoms with E-state index in [9.17, 15) is 19.5 Å². The topological polar surface area (TPSA) is 149 Å². The molecule has 4 aliphatic rings. The summed E-state index contributed by atoms with van der Waals surface area (Å²) < 4.78 is 35.7. The van der Waals surface area contributed by atoms with Gasteiger partial charge in [-0.1, -0.05) is 48.5 Å². The number of amides is 2. The molecule has 4 heterocycles. The van der Waals surface area contributed by atoms with Crippen LogP contribution >= 0.6 is 0 Å². The van der Waals surface area contributed by atoms with E-state index in [-0.39, 0.29) is 43.5 Å². The van der Waals surface area contributed by atoms with Gasteiger partial charge in [0, 0.05) is 69.3 Å². The summed E-state index contributed by atoms with van der Waals surface area (Å²) in [5.41, 5.74) is 10.9. The minimum absolute atomic E-state index is 0.00433. The van der Waals surface area contributed by atoms with Crippen molar-refractivity contribution < 1.29 is 47.9 Å². The number of hydrogen-bond donors (Lipinski definition) is 1. The van der Waals surface area contributed by atoms with Gasteiger partial charge in [0.25, 0.3) is 11.8 Å². The van der Waals surface area contributed by atoms with E-state index in [1.165, 1.54) is 16.7 Å². The molecular formula is C56H62N4O10. The van der Waals surface area contributed by atoms with E-state index >= 15 is 0 Å². The number of anilines is 1. The summed E-state index contributed by atoms with van der Waals surface area (Å²) in [4.78, 5) is 50.8. The first-order valence-corrected chi connectivity index (χ1v) is 24.3. The van der Waals surface area contributed by atoms with Gasteiger partial charge in [-0.15, -0.1) is 0 Å². The molecule has 2 amide bonds. The number of carbonyl (C=O) groups excluding carboxylic acids is 2. The van der Waals surface area contributed by atoms with Crippen molar-refractivity contribution in [2.75, 3.05) is 65.2 Å². The Kier molecular flexibility index (Phi) is 15.4. The summed E-state index contributed by atoms with van der Waals surface area (Å²) in [6.45, 7) is 6.59. The molecule has 0 saturated heterocycles. The average Bonchev–Trinajstić information content (AvgIpc) is 3.58. The lowest BCUT2D eigenvalue weighted by Gasteiger charge is -2.35. The zero-order valence-electron chi connectivity index (χ0n) is 40.3. The molecule has 0 saturated carbocycles. The molecule has 14 heteroatoms. The first-order valence-electron chi connectivity index (χ1n) is 24.3. The number of fused-ring (bicyclic) bond motifs is 6. The molecule has 0 fully saturated rings. The number of methoxy groups -OCH3 is 2. The maximum atomic E-state index is 14.2. The quantitative estimate of drug-likeness (QED) is 0.0709. The Hall–Kier alpha value is -6.74. The standard InChI is InChI=1S/C56H62N4O10/c1-37-23-49-50(57-32-47-28-41-10-5-7-12-44(41)34-60(47)56(49)64)31-51(37)69-35-38-24-39(26-46(25-38)58(16-8-13-54(61)62)17-18-67-21-22-68-20-19-65-2)36-70-53-29-42-14-15-45-27-40-9-4-6-11-43(40)33-59(45)55(63)48(42)30-52(53)66-3/h4-7,9-12,23-26,29-32,45,47H,8,13-22,27-28,33-36H2,1-3H3,(H,61,62)/t45-,47+/m1/s1. The van der Waals surface area contributed by atoms with Gasteiger partial charge in [0.15, 0.2) is 11.5 Å². The molecule has 1 N–H and O–H groups in total. The zero-order chi connectivity index (χ0) is 48.6. The number of aliphatic carboxylic acids is 1. The molecule has 366 valence electrons. The monoisotopic (exact) mass is 950 g/mol. The second-order valence-corrected chi connectivity index (χ2v) is 18.4. The molecule has 0 bridgehead atoms. The van der Waals surface area contributed by atoms with E-state index in [0.29, 0.717) is 106 Å². The van der Waals surface area contributed by atoms with E-state index in [2.05, 4.69) is 41.3 Å². The summed E-state index contributed by atoms with van der Waals surface area (Å²) in [7, 11) is 3.22. The average molecular weight is 951 g/mol. The van der Waals surface area contributed by atoms with Crippen molar-refractivity contribution >= 4 is 35.4 Å². The minimum atomic E-state index is -0.860. The molecule has 14 nitrogen and oxygen atoms in total. The molecule has 0 radical (unpaired) electrons. The van der Waals surface area contributed by atoms with E-state index in [1.807, 2.05) is 77.5 Å². The van der Waals surface area contributed by atoms with E-state index in [1.54, 1.807) is 14.2 Å². The van der Waals surface area contributed by atoms with Crippen LogP contribution in [0.15, 0.2) is 96.0 Å². The van der Waals surface area contributed by atoms with Crippen molar-refractivity contribution in [2.45, 2.75) is 83.8 Å². The second kappa shape index (κ2) is 22.3. The van der Waals surface area contributed by atoms with E-state index in [0.717, 1.165) is 52.8 Å². The zero-order valence-corrected chi connectivity index (χ0v) is 40.3. The lowest BCUT2D eigenvalue weighted by molar-refractivity contribution is -0.137. The number of carbonyl (C=O) groups is 3. The van der Waals surface area contributed by atoms with Crippen LogP contribution in [0.3, 0.4) is 0 Å². The van der Waals surface area contributed by atoms with Crippen molar-refractivity contribution in [3.8, 4) is 17.2 Å². The summed E-state index contributed by atoms with van der Waals surface area (Å²) >= 11 is 0. The van der Waals surface area contributed by atoms with Crippen LogP contribution in [-0.2, 0) is 64.6 Å². The van der Waals surface area contributed by atoms with Crippen molar-refractivity contribution in [3.63, 3.8) is 0 Å². The van der Waals surface area contributed by atoms with Crippen molar-refractivity contribution in [1.82, 2.24) is 9.80 Å². The summed E-state index contributed by atoms with van der Waals surface area (Å²) in [5.74, 6) is 0.714. The molecule has 5 aromatic carbocycles. The van der Waals surface area contributed by atoms with Crippen LogP contribution in [0.25, 0.3) is 0 Å².